The monoisotopic (exact) mass is 341 g/mol. The first-order chi connectivity index (χ1) is 11.6. The molecule has 1 aromatic heterocycles. The molecule has 1 amide bonds. The van der Waals surface area contributed by atoms with Crippen molar-refractivity contribution in [3.8, 4) is 17.0 Å². The Bertz CT molecular complexity index is 829. The van der Waals surface area contributed by atoms with Crippen LogP contribution >= 0.6 is 11.6 Å². The minimum Gasteiger partial charge on any atom is -0.484 e. The number of amides is 1. The Morgan fingerprint density at radius 1 is 1.17 bits per heavy atom. The highest BCUT2D eigenvalue weighted by Crippen LogP contribution is 2.23. The zero-order chi connectivity index (χ0) is 16.9. The van der Waals surface area contributed by atoms with Crippen molar-refractivity contribution in [1.29, 1.82) is 0 Å². The van der Waals surface area contributed by atoms with Gasteiger partial charge in [0, 0.05) is 23.7 Å². The van der Waals surface area contributed by atoms with Gasteiger partial charge in [-0.2, -0.15) is 5.10 Å². The molecule has 5 nitrogen and oxygen atoms in total. The minimum absolute atomic E-state index is 0.0640. The SMILES string of the molecule is Cn1nc(-c2ccc(Cl)cc2)cc1NC(=O)COc1ccccc1. The summed E-state index contributed by atoms with van der Waals surface area (Å²) in [6.45, 7) is -0.0640. The summed E-state index contributed by atoms with van der Waals surface area (Å²) in [5.41, 5.74) is 1.68. The molecule has 0 aliphatic heterocycles. The fourth-order valence-corrected chi connectivity index (χ4v) is 2.32. The van der Waals surface area contributed by atoms with Gasteiger partial charge in [0.05, 0.1) is 5.69 Å². The number of nitrogens with one attached hydrogen (secondary N) is 1. The minimum atomic E-state index is -0.246. The summed E-state index contributed by atoms with van der Waals surface area (Å²) < 4.78 is 7.04. The van der Waals surface area contributed by atoms with Crippen molar-refractivity contribution < 1.29 is 9.53 Å². The Balaban J connectivity index is 1.65. The van der Waals surface area contributed by atoms with E-state index in [1.165, 1.54) is 0 Å². The van der Waals surface area contributed by atoms with Gasteiger partial charge in [0.2, 0.25) is 0 Å². The number of carbonyl (C=O) groups excluding carboxylic acids is 1. The smallest absolute Gasteiger partial charge is 0.263 e. The van der Waals surface area contributed by atoms with Gasteiger partial charge in [0.1, 0.15) is 11.6 Å². The van der Waals surface area contributed by atoms with Crippen molar-refractivity contribution in [2.75, 3.05) is 11.9 Å². The van der Waals surface area contributed by atoms with Crippen LogP contribution in [0.25, 0.3) is 11.3 Å². The topological polar surface area (TPSA) is 56.2 Å². The van der Waals surface area contributed by atoms with Crippen LogP contribution < -0.4 is 10.1 Å². The Hall–Kier alpha value is -2.79. The van der Waals surface area contributed by atoms with E-state index < -0.39 is 0 Å². The van der Waals surface area contributed by atoms with Crippen molar-refractivity contribution in [2.24, 2.45) is 7.05 Å². The van der Waals surface area contributed by atoms with E-state index in [4.69, 9.17) is 16.3 Å². The highest BCUT2D eigenvalue weighted by Gasteiger charge is 2.10. The number of para-hydroxylation sites is 1. The molecule has 0 saturated carbocycles. The van der Waals surface area contributed by atoms with Crippen molar-refractivity contribution in [3.63, 3.8) is 0 Å². The molecule has 6 heteroatoms. The lowest BCUT2D eigenvalue weighted by atomic mass is 10.1. The van der Waals surface area contributed by atoms with Gasteiger partial charge in [-0.05, 0) is 24.3 Å². The highest BCUT2D eigenvalue weighted by molar-refractivity contribution is 6.30. The number of hydrogen-bond donors (Lipinski definition) is 1. The van der Waals surface area contributed by atoms with E-state index in [2.05, 4.69) is 10.4 Å². The van der Waals surface area contributed by atoms with E-state index >= 15 is 0 Å². The Morgan fingerprint density at radius 2 is 1.88 bits per heavy atom. The van der Waals surface area contributed by atoms with Crippen LogP contribution in [0.3, 0.4) is 0 Å². The van der Waals surface area contributed by atoms with Gasteiger partial charge in [0.15, 0.2) is 6.61 Å². The number of hydrogen-bond acceptors (Lipinski definition) is 3. The van der Waals surface area contributed by atoms with E-state index in [0.29, 0.717) is 16.6 Å². The standard InChI is InChI=1S/C18H16ClN3O2/c1-22-17(11-16(21-22)13-7-9-14(19)10-8-13)20-18(23)12-24-15-5-3-2-4-6-15/h2-11H,12H2,1H3,(H,20,23). The predicted molar refractivity (Wildman–Crippen MR) is 94.2 cm³/mol. The van der Waals surface area contributed by atoms with Gasteiger partial charge < -0.3 is 10.1 Å². The second-order valence-corrected chi connectivity index (χ2v) is 5.63. The fraction of sp³-hybridized carbons (Fsp3) is 0.111. The third-order valence-corrected chi connectivity index (χ3v) is 3.65. The molecule has 0 fully saturated rings. The van der Waals surface area contributed by atoms with Crippen LogP contribution in [0.2, 0.25) is 5.02 Å². The third-order valence-electron chi connectivity index (χ3n) is 3.40. The summed E-state index contributed by atoms with van der Waals surface area (Å²) in [6.07, 6.45) is 0. The fourth-order valence-electron chi connectivity index (χ4n) is 2.19. The van der Waals surface area contributed by atoms with Gasteiger partial charge in [-0.25, -0.2) is 0 Å². The van der Waals surface area contributed by atoms with Crippen LogP contribution in [-0.4, -0.2) is 22.3 Å². The molecule has 122 valence electrons. The molecule has 0 atom stereocenters. The molecule has 1 heterocycles. The number of aryl methyl sites for hydroxylation is 1. The van der Waals surface area contributed by atoms with Crippen molar-refractivity contribution >= 4 is 23.3 Å². The molecule has 0 aliphatic carbocycles. The Labute approximate surface area is 144 Å². The number of anilines is 1. The summed E-state index contributed by atoms with van der Waals surface area (Å²) in [5.74, 6) is 1.01. The molecule has 2 aromatic carbocycles. The maximum Gasteiger partial charge on any atom is 0.263 e. The summed E-state index contributed by atoms with van der Waals surface area (Å²) in [6, 6.07) is 18.4. The first-order valence-corrected chi connectivity index (χ1v) is 7.77. The third kappa shape index (κ3) is 3.94. The van der Waals surface area contributed by atoms with Crippen molar-refractivity contribution in [1.82, 2.24) is 9.78 Å². The lowest BCUT2D eigenvalue weighted by Gasteiger charge is -2.07. The number of rotatable bonds is 5. The van der Waals surface area contributed by atoms with Crippen LogP contribution in [0.5, 0.6) is 5.75 Å². The number of nitrogens with zero attached hydrogens (tertiary/aromatic N) is 2. The van der Waals surface area contributed by atoms with Gasteiger partial charge >= 0.3 is 0 Å². The molecule has 0 spiro atoms. The zero-order valence-electron chi connectivity index (χ0n) is 13.1. The molecule has 3 aromatic rings. The number of halogens is 1. The highest BCUT2D eigenvalue weighted by atomic mass is 35.5. The van der Waals surface area contributed by atoms with Crippen molar-refractivity contribution in [3.05, 3.63) is 65.7 Å². The van der Waals surface area contributed by atoms with Crippen LogP contribution in [0.1, 0.15) is 0 Å². The van der Waals surface area contributed by atoms with Crippen LogP contribution in [0, 0.1) is 0 Å². The van der Waals surface area contributed by atoms with E-state index in [1.54, 1.807) is 36.0 Å². The molecular weight excluding hydrogens is 326 g/mol. The summed E-state index contributed by atoms with van der Waals surface area (Å²) in [5, 5.41) is 7.86. The maximum atomic E-state index is 12.0. The average molecular weight is 342 g/mol. The van der Waals surface area contributed by atoms with E-state index in [-0.39, 0.29) is 12.5 Å². The number of aromatic nitrogens is 2. The predicted octanol–water partition coefficient (Wildman–Crippen LogP) is 3.76. The molecule has 1 N–H and O–H groups in total. The first kappa shape index (κ1) is 16.1. The molecule has 0 radical (unpaired) electrons. The summed E-state index contributed by atoms with van der Waals surface area (Å²) in [4.78, 5) is 12.0. The molecule has 0 bridgehead atoms. The van der Waals surface area contributed by atoms with Gasteiger partial charge in [-0.3, -0.25) is 9.48 Å². The normalized spacial score (nSPS) is 10.4. The molecular formula is C18H16ClN3O2. The molecule has 3 rings (SSSR count). The van der Waals surface area contributed by atoms with E-state index in [9.17, 15) is 4.79 Å². The lowest BCUT2D eigenvalue weighted by Crippen LogP contribution is -2.21. The summed E-state index contributed by atoms with van der Waals surface area (Å²) in [7, 11) is 1.77. The lowest BCUT2D eigenvalue weighted by molar-refractivity contribution is -0.118. The van der Waals surface area contributed by atoms with Crippen LogP contribution in [0.15, 0.2) is 60.7 Å². The molecule has 0 aliphatic rings. The van der Waals surface area contributed by atoms with Gasteiger partial charge in [-0.15, -0.1) is 0 Å². The van der Waals surface area contributed by atoms with E-state index in [1.807, 2.05) is 36.4 Å². The Morgan fingerprint density at radius 3 is 2.58 bits per heavy atom. The average Bonchev–Trinajstić information content (AvgIpc) is 2.95. The first-order valence-electron chi connectivity index (χ1n) is 7.39. The largest absolute Gasteiger partial charge is 0.484 e. The van der Waals surface area contributed by atoms with Gasteiger partial charge in [0.25, 0.3) is 5.91 Å². The molecule has 24 heavy (non-hydrogen) atoms. The summed E-state index contributed by atoms with van der Waals surface area (Å²) >= 11 is 5.89. The van der Waals surface area contributed by atoms with E-state index in [0.717, 1.165) is 11.3 Å². The quantitative estimate of drug-likeness (QED) is 0.768. The van der Waals surface area contributed by atoms with Gasteiger partial charge in [-0.1, -0.05) is 41.9 Å². The zero-order valence-corrected chi connectivity index (χ0v) is 13.8. The van der Waals surface area contributed by atoms with Crippen molar-refractivity contribution in [2.45, 2.75) is 0 Å². The second kappa shape index (κ2) is 7.19. The number of ether oxygens (including phenoxy) is 1. The second-order valence-electron chi connectivity index (χ2n) is 5.20. The van der Waals surface area contributed by atoms with Crippen LogP contribution in [0.4, 0.5) is 5.82 Å². The number of benzene rings is 2. The Kier molecular flexibility index (Phi) is 4.82. The number of carbonyl (C=O) groups is 1. The maximum absolute atomic E-state index is 12.0. The van der Waals surface area contributed by atoms with Crippen LogP contribution in [-0.2, 0) is 11.8 Å². The molecule has 0 unspecified atom stereocenters. The molecule has 0 saturated heterocycles.